The number of nitrogens with one attached hydrogen (secondary N) is 1. The number of aromatic hydroxyl groups is 1. The minimum Gasteiger partial charge on any atom is -0.507 e. The molecule has 1 amide bonds. The van der Waals surface area contributed by atoms with Crippen LogP contribution in [-0.4, -0.2) is 23.4 Å². The third-order valence-electron chi connectivity index (χ3n) is 3.41. The zero-order chi connectivity index (χ0) is 13.2. The Balaban J connectivity index is 1.93. The number of hydrogen-bond donors (Lipinski definition) is 2. The number of alkyl halides is 1. The van der Waals surface area contributed by atoms with Crippen LogP contribution in [0.1, 0.15) is 29.6 Å². The Morgan fingerprint density at radius 2 is 2.22 bits per heavy atom. The van der Waals surface area contributed by atoms with E-state index < -0.39 is 0 Å². The third-order valence-corrected chi connectivity index (χ3v) is 4.52. The lowest BCUT2D eigenvalue weighted by Gasteiger charge is -2.14. The average Bonchev–Trinajstić information content (AvgIpc) is 3.11. The molecule has 0 unspecified atom stereocenters. The van der Waals surface area contributed by atoms with Crippen LogP contribution in [0.4, 0.5) is 0 Å². The van der Waals surface area contributed by atoms with Gasteiger partial charge in [-0.05, 0) is 65.5 Å². The lowest BCUT2D eigenvalue weighted by molar-refractivity contribution is 0.0944. The number of phenols is 1. The van der Waals surface area contributed by atoms with Gasteiger partial charge in [0.05, 0.1) is 3.57 Å². The molecule has 18 heavy (non-hydrogen) atoms. The Kier molecular flexibility index (Phi) is 4.37. The number of rotatable bonds is 5. The summed E-state index contributed by atoms with van der Waals surface area (Å²) in [6.07, 6.45) is 3.22. The maximum absolute atomic E-state index is 11.9. The first kappa shape index (κ1) is 13.9. The molecule has 3 nitrogen and oxygen atoms in total. The Morgan fingerprint density at radius 3 is 2.78 bits per heavy atom. The van der Waals surface area contributed by atoms with Gasteiger partial charge in [-0.2, -0.15) is 0 Å². The van der Waals surface area contributed by atoms with Gasteiger partial charge in [0.2, 0.25) is 0 Å². The maximum atomic E-state index is 11.9. The van der Waals surface area contributed by atoms with Gasteiger partial charge in [-0.1, -0.05) is 0 Å². The number of amides is 1. The fourth-order valence-corrected chi connectivity index (χ4v) is 2.65. The van der Waals surface area contributed by atoms with Gasteiger partial charge in [-0.3, -0.25) is 4.79 Å². The first-order chi connectivity index (χ1) is 8.56. The van der Waals surface area contributed by atoms with Crippen molar-refractivity contribution in [1.82, 2.24) is 5.32 Å². The number of hydrogen-bond acceptors (Lipinski definition) is 2. The average molecular weight is 380 g/mol. The summed E-state index contributed by atoms with van der Waals surface area (Å²) in [5.41, 5.74) is 0.720. The molecule has 0 saturated heterocycles. The molecule has 0 atom stereocenters. The van der Waals surface area contributed by atoms with Gasteiger partial charge in [0, 0.05) is 18.0 Å². The molecule has 1 aromatic carbocycles. The normalized spacial score (nSPS) is 16.3. The van der Waals surface area contributed by atoms with Gasteiger partial charge in [0.25, 0.3) is 5.91 Å². The first-order valence-electron chi connectivity index (χ1n) is 5.89. The molecule has 1 aliphatic carbocycles. The lowest BCUT2D eigenvalue weighted by Crippen LogP contribution is -2.30. The lowest BCUT2D eigenvalue weighted by atomic mass is 10.0. The van der Waals surface area contributed by atoms with Crippen LogP contribution in [0.25, 0.3) is 0 Å². The molecule has 1 fully saturated rings. The molecular weight excluding hydrogens is 365 g/mol. The fourth-order valence-electron chi connectivity index (χ4n) is 1.92. The van der Waals surface area contributed by atoms with E-state index in [2.05, 4.69) is 5.32 Å². The second kappa shape index (κ2) is 5.65. The summed E-state index contributed by atoms with van der Waals surface area (Å²) in [5, 5.41) is 12.5. The molecular formula is C13H15ClINO2. The van der Waals surface area contributed by atoms with Crippen molar-refractivity contribution in [2.75, 3.05) is 12.4 Å². The number of carbonyl (C=O) groups excluding carboxylic acids is 1. The maximum Gasteiger partial charge on any atom is 0.251 e. The van der Waals surface area contributed by atoms with Gasteiger partial charge in [-0.25, -0.2) is 0 Å². The van der Waals surface area contributed by atoms with Crippen LogP contribution in [0.3, 0.4) is 0 Å². The van der Waals surface area contributed by atoms with Gasteiger partial charge in [0.15, 0.2) is 0 Å². The molecule has 0 radical (unpaired) electrons. The molecule has 1 saturated carbocycles. The summed E-state index contributed by atoms with van der Waals surface area (Å²) < 4.78 is 0.741. The van der Waals surface area contributed by atoms with Gasteiger partial charge in [-0.15, -0.1) is 11.6 Å². The summed E-state index contributed by atoms with van der Waals surface area (Å²) in [5.74, 6) is 0.646. The summed E-state index contributed by atoms with van der Waals surface area (Å²) in [4.78, 5) is 11.9. The summed E-state index contributed by atoms with van der Waals surface area (Å²) in [6.45, 7) is 0.672. The van der Waals surface area contributed by atoms with Crippen LogP contribution in [0.5, 0.6) is 5.75 Å². The van der Waals surface area contributed by atoms with Crippen molar-refractivity contribution in [3.05, 3.63) is 27.3 Å². The van der Waals surface area contributed by atoms with Gasteiger partial charge < -0.3 is 10.4 Å². The van der Waals surface area contributed by atoms with E-state index >= 15 is 0 Å². The third kappa shape index (κ3) is 3.29. The quantitative estimate of drug-likeness (QED) is 0.610. The minimum absolute atomic E-state index is 0.137. The highest BCUT2D eigenvalue weighted by Gasteiger charge is 2.41. The van der Waals surface area contributed by atoms with E-state index in [0.29, 0.717) is 18.0 Å². The van der Waals surface area contributed by atoms with Gasteiger partial charge in [0.1, 0.15) is 5.75 Å². The van der Waals surface area contributed by atoms with Crippen LogP contribution in [0.2, 0.25) is 0 Å². The van der Waals surface area contributed by atoms with Crippen molar-refractivity contribution in [3.63, 3.8) is 0 Å². The van der Waals surface area contributed by atoms with E-state index in [-0.39, 0.29) is 17.1 Å². The smallest absolute Gasteiger partial charge is 0.251 e. The van der Waals surface area contributed by atoms with E-state index in [0.717, 1.165) is 22.8 Å². The zero-order valence-corrected chi connectivity index (χ0v) is 12.8. The van der Waals surface area contributed by atoms with Crippen LogP contribution in [0.15, 0.2) is 18.2 Å². The van der Waals surface area contributed by atoms with Gasteiger partial charge >= 0.3 is 0 Å². The van der Waals surface area contributed by atoms with Crippen molar-refractivity contribution in [1.29, 1.82) is 0 Å². The van der Waals surface area contributed by atoms with Crippen molar-refractivity contribution in [2.24, 2.45) is 5.41 Å². The number of halogens is 2. The van der Waals surface area contributed by atoms with E-state index in [1.54, 1.807) is 12.1 Å². The fraction of sp³-hybridized carbons (Fsp3) is 0.462. The van der Waals surface area contributed by atoms with Crippen LogP contribution in [0, 0.1) is 8.99 Å². The predicted molar refractivity (Wildman–Crippen MR) is 80.2 cm³/mol. The van der Waals surface area contributed by atoms with Crippen LogP contribution >= 0.6 is 34.2 Å². The highest BCUT2D eigenvalue weighted by molar-refractivity contribution is 14.1. The van der Waals surface area contributed by atoms with Crippen molar-refractivity contribution in [3.8, 4) is 5.75 Å². The first-order valence-corrected chi connectivity index (χ1v) is 7.50. The SMILES string of the molecule is O=C(NCC1(CCCl)CC1)c1ccc(I)c(O)c1. The Hall–Kier alpha value is -0.490. The monoisotopic (exact) mass is 379 g/mol. The van der Waals surface area contributed by atoms with E-state index in [9.17, 15) is 9.90 Å². The highest BCUT2D eigenvalue weighted by atomic mass is 127. The molecule has 0 aliphatic heterocycles. The van der Waals surface area contributed by atoms with E-state index in [1.807, 2.05) is 22.6 Å². The minimum atomic E-state index is -0.137. The predicted octanol–water partition coefficient (Wildman–Crippen LogP) is 3.14. The Morgan fingerprint density at radius 1 is 1.50 bits per heavy atom. The van der Waals surface area contributed by atoms with Crippen LogP contribution < -0.4 is 5.32 Å². The highest BCUT2D eigenvalue weighted by Crippen LogP contribution is 2.48. The topological polar surface area (TPSA) is 49.3 Å². The number of carbonyl (C=O) groups is 1. The summed E-state index contributed by atoms with van der Waals surface area (Å²) in [7, 11) is 0. The molecule has 2 N–H and O–H groups in total. The second-order valence-corrected chi connectivity index (χ2v) is 6.33. The number of benzene rings is 1. The van der Waals surface area contributed by atoms with E-state index in [4.69, 9.17) is 11.6 Å². The molecule has 0 heterocycles. The Labute approximate surface area is 125 Å². The van der Waals surface area contributed by atoms with Crippen molar-refractivity contribution in [2.45, 2.75) is 19.3 Å². The molecule has 0 aromatic heterocycles. The van der Waals surface area contributed by atoms with Crippen molar-refractivity contribution < 1.29 is 9.90 Å². The Bertz CT molecular complexity index is 460. The summed E-state index contributed by atoms with van der Waals surface area (Å²) in [6, 6.07) is 4.95. The standard InChI is InChI=1S/C13H15ClINO2/c14-6-5-13(3-4-13)8-16-12(18)9-1-2-10(15)11(17)7-9/h1-2,7,17H,3-6,8H2,(H,16,18). The largest absolute Gasteiger partial charge is 0.507 e. The molecule has 98 valence electrons. The summed E-state index contributed by atoms with van der Waals surface area (Å²) >= 11 is 7.77. The molecule has 5 heteroatoms. The second-order valence-electron chi connectivity index (χ2n) is 4.79. The molecule has 2 rings (SSSR count). The molecule has 1 aliphatic rings. The molecule has 1 aromatic rings. The van der Waals surface area contributed by atoms with E-state index in [1.165, 1.54) is 6.07 Å². The number of phenolic OH excluding ortho intramolecular Hbond substituents is 1. The molecule has 0 bridgehead atoms. The van der Waals surface area contributed by atoms with Crippen LogP contribution in [-0.2, 0) is 0 Å². The molecule has 0 spiro atoms. The zero-order valence-electron chi connectivity index (χ0n) is 9.88. The van der Waals surface area contributed by atoms with Crippen molar-refractivity contribution >= 4 is 40.1 Å².